The summed E-state index contributed by atoms with van der Waals surface area (Å²) in [7, 11) is 0. The monoisotopic (exact) mass is 394 g/mol. The van der Waals surface area contributed by atoms with E-state index in [1.165, 1.54) is 21.9 Å². The lowest BCUT2D eigenvalue weighted by Gasteiger charge is -2.23. The van der Waals surface area contributed by atoms with Crippen molar-refractivity contribution in [3.05, 3.63) is 27.7 Å². The first kappa shape index (κ1) is 20.2. The molecule has 0 N–H and O–H groups in total. The maximum Gasteiger partial charge on any atom is 0.231 e. The molecule has 2 rings (SSSR count). The van der Waals surface area contributed by atoms with E-state index in [1.807, 2.05) is 6.07 Å². The molecular weight excluding hydrogens is 375 g/mol. The van der Waals surface area contributed by atoms with Crippen molar-refractivity contribution >= 4 is 46.7 Å². The number of benzene rings is 1. The molecule has 1 fully saturated rings. The quantitative estimate of drug-likeness (QED) is 0.780. The number of nitriles is 1. The topological polar surface area (TPSA) is 76.8 Å². The molecular formula is C18H20Cl2N4O2. The molecule has 0 bridgehead atoms. The molecule has 0 aromatic heterocycles. The normalized spacial score (nSPS) is 14.2. The first-order valence-corrected chi connectivity index (χ1v) is 9.03. The highest BCUT2D eigenvalue weighted by Gasteiger charge is 2.36. The van der Waals surface area contributed by atoms with E-state index in [-0.39, 0.29) is 45.3 Å². The summed E-state index contributed by atoms with van der Waals surface area (Å²) in [5.74, 6) is -0.550. The summed E-state index contributed by atoms with van der Waals surface area (Å²) in [5, 5.41) is 9.37. The maximum absolute atomic E-state index is 12.6. The van der Waals surface area contributed by atoms with E-state index in [0.29, 0.717) is 18.7 Å². The number of amides is 2. The predicted octanol–water partition coefficient (Wildman–Crippen LogP) is 3.84. The largest absolute Gasteiger partial charge is 0.280 e. The molecule has 0 atom stereocenters. The molecule has 1 aromatic carbocycles. The molecule has 0 saturated carbocycles. The summed E-state index contributed by atoms with van der Waals surface area (Å²) < 4.78 is 0. The van der Waals surface area contributed by atoms with Crippen molar-refractivity contribution in [2.24, 2.45) is 16.8 Å². The predicted molar refractivity (Wildman–Crippen MR) is 101 cm³/mol. The van der Waals surface area contributed by atoms with E-state index >= 15 is 0 Å². The molecule has 0 spiro atoms. The summed E-state index contributed by atoms with van der Waals surface area (Å²) in [5.41, 5.74) is 0.535. The van der Waals surface area contributed by atoms with Crippen molar-refractivity contribution < 1.29 is 9.59 Å². The van der Waals surface area contributed by atoms with Gasteiger partial charge in [0.1, 0.15) is 5.69 Å². The fraction of sp³-hybridized carbons (Fsp3) is 0.444. The Morgan fingerprint density at radius 2 is 1.46 bits per heavy atom. The van der Waals surface area contributed by atoms with Crippen LogP contribution >= 0.6 is 23.2 Å². The third kappa shape index (κ3) is 4.00. The van der Waals surface area contributed by atoms with Crippen LogP contribution in [0.5, 0.6) is 0 Å². The standard InChI is InChI=1S/C18H20Cl2N4O2/c1-10(2)16(25)23-5-6-24(17(26)11(3)4)18(23)22-15-13(19)7-12(9-21)8-14(15)20/h7-8,10-11H,5-6H2,1-4H3. The Kier molecular flexibility index (Phi) is 6.27. The third-order valence-corrected chi connectivity index (χ3v) is 4.48. The second-order valence-corrected chi connectivity index (χ2v) is 7.42. The second-order valence-electron chi connectivity index (χ2n) is 6.60. The van der Waals surface area contributed by atoms with Crippen LogP contribution in [0, 0.1) is 23.2 Å². The van der Waals surface area contributed by atoms with Gasteiger partial charge in [0, 0.05) is 24.9 Å². The zero-order valence-electron chi connectivity index (χ0n) is 15.1. The Balaban J connectivity index is 2.57. The molecule has 1 aliphatic heterocycles. The fourth-order valence-electron chi connectivity index (χ4n) is 2.54. The number of aliphatic imine (C=N–C) groups is 1. The third-order valence-electron chi connectivity index (χ3n) is 3.91. The fourth-order valence-corrected chi connectivity index (χ4v) is 3.12. The van der Waals surface area contributed by atoms with Gasteiger partial charge in [0.05, 0.1) is 21.7 Å². The second kappa shape index (κ2) is 8.07. The van der Waals surface area contributed by atoms with Crippen LogP contribution in [0.2, 0.25) is 10.0 Å². The maximum atomic E-state index is 12.6. The average molecular weight is 395 g/mol. The molecule has 1 aliphatic rings. The van der Waals surface area contributed by atoms with Gasteiger partial charge in [0.15, 0.2) is 0 Å². The molecule has 0 radical (unpaired) electrons. The highest BCUT2D eigenvalue weighted by molar-refractivity contribution is 6.39. The molecule has 0 unspecified atom stereocenters. The number of nitrogens with zero attached hydrogens (tertiary/aromatic N) is 4. The van der Waals surface area contributed by atoms with Gasteiger partial charge in [-0.3, -0.25) is 19.4 Å². The molecule has 1 saturated heterocycles. The van der Waals surface area contributed by atoms with Crippen LogP contribution in [0.4, 0.5) is 5.69 Å². The zero-order chi connectivity index (χ0) is 19.6. The number of carbonyl (C=O) groups is 2. The molecule has 138 valence electrons. The minimum absolute atomic E-state index is 0.135. The van der Waals surface area contributed by atoms with E-state index < -0.39 is 0 Å². The molecule has 1 heterocycles. The van der Waals surface area contributed by atoms with Crippen LogP contribution in [0.25, 0.3) is 0 Å². The lowest BCUT2D eigenvalue weighted by atomic mass is 10.2. The SMILES string of the molecule is CC(C)C(=O)N1CCN(C(=O)C(C)C)C1=Nc1c(Cl)cc(C#N)cc1Cl. The first-order valence-electron chi connectivity index (χ1n) is 8.28. The van der Waals surface area contributed by atoms with Crippen molar-refractivity contribution in [1.82, 2.24) is 9.80 Å². The summed E-state index contributed by atoms with van der Waals surface area (Å²) in [6.45, 7) is 7.87. The summed E-state index contributed by atoms with van der Waals surface area (Å²) >= 11 is 12.4. The van der Waals surface area contributed by atoms with Gasteiger partial charge in [-0.15, -0.1) is 0 Å². The van der Waals surface area contributed by atoms with Gasteiger partial charge in [-0.25, -0.2) is 4.99 Å². The summed E-state index contributed by atoms with van der Waals surface area (Å²) in [6, 6.07) is 4.87. The highest BCUT2D eigenvalue weighted by Crippen LogP contribution is 2.35. The first-order chi connectivity index (χ1) is 12.2. The summed E-state index contributed by atoms with van der Waals surface area (Å²) in [4.78, 5) is 32.5. The summed E-state index contributed by atoms with van der Waals surface area (Å²) in [6.07, 6.45) is 0. The van der Waals surface area contributed by atoms with Gasteiger partial charge in [-0.05, 0) is 12.1 Å². The molecule has 2 amide bonds. The lowest BCUT2D eigenvalue weighted by molar-refractivity contribution is -0.130. The van der Waals surface area contributed by atoms with Crippen molar-refractivity contribution in [3.8, 4) is 6.07 Å². The number of hydrogen-bond donors (Lipinski definition) is 0. The number of rotatable bonds is 3. The Morgan fingerprint density at radius 1 is 1.04 bits per heavy atom. The van der Waals surface area contributed by atoms with Gasteiger partial charge in [0.25, 0.3) is 0 Å². The van der Waals surface area contributed by atoms with Crippen molar-refractivity contribution in [2.75, 3.05) is 13.1 Å². The van der Waals surface area contributed by atoms with Crippen LogP contribution in [-0.2, 0) is 9.59 Å². The Morgan fingerprint density at radius 3 is 1.81 bits per heavy atom. The number of hydrogen-bond acceptors (Lipinski definition) is 4. The van der Waals surface area contributed by atoms with E-state index in [0.717, 1.165) is 0 Å². The molecule has 8 heteroatoms. The highest BCUT2D eigenvalue weighted by atomic mass is 35.5. The van der Waals surface area contributed by atoms with E-state index in [2.05, 4.69) is 4.99 Å². The van der Waals surface area contributed by atoms with Gasteiger partial charge < -0.3 is 0 Å². The van der Waals surface area contributed by atoms with E-state index in [9.17, 15) is 9.59 Å². The van der Waals surface area contributed by atoms with E-state index in [4.69, 9.17) is 28.5 Å². The van der Waals surface area contributed by atoms with Gasteiger partial charge in [0.2, 0.25) is 17.8 Å². The van der Waals surface area contributed by atoms with Crippen LogP contribution in [0.1, 0.15) is 33.3 Å². The van der Waals surface area contributed by atoms with E-state index in [1.54, 1.807) is 27.7 Å². The van der Waals surface area contributed by atoms with Crippen molar-refractivity contribution in [2.45, 2.75) is 27.7 Å². The Labute approximate surface area is 163 Å². The number of guanidine groups is 1. The smallest absolute Gasteiger partial charge is 0.231 e. The molecule has 0 aliphatic carbocycles. The minimum Gasteiger partial charge on any atom is -0.280 e. The average Bonchev–Trinajstić information content (AvgIpc) is 2.99. The van der Waals surface area contributed by atoms with Gasteiger partial charge in [-0.2, -0.15) is 5.26 Å². The van der Waals surface area contributed by atoms with Crippen LogP contribution < -0.4 is 0 Å². The molecule has 1 aromatic rings. The van der Waals surface area contributed by atoms with Gasteiger partial charge >= 0.3 is 0 Å². The van der Waals surface area contributed by atoms with Crippen LogP contribution in [-0.4, -0.2) is 40.7 Å². The minimum atomic E-state index is -0.249. The number of carbonyl (C=O) groups excluding carboxylic acids is 2. The molecule has 6 nitrogen and oxygen atoms in total. The lowest BCUT2D eigenvalue weighted by Crippen LogP contribution is -2.43. The van der Waals surface area contributed by atoms with Crippen LogP contribution in [0.15, 0.2) is 17.1 Å². The van der Waals surface area contributed by atoms with Crippen molar-refractivity contribution in [3.63, 3.8) is 0 Å². The van der Waals surface area contributed by atoms with Gasteiger partial charge in [-0.1, -0.05) is 50.9 Å². The van der Waals surface area contributed by atoms with Crippen molar-refractivity contribution in [1.29, 1.82) is 5.26 Å². The molecule has 26 heavy (non-hydrogen) atoms. The van der Waals surface area contributed by atoms with Crippen LogP contribution in [0.3, 0.4) is 0 Å². The zero-order valence-corrected chi connectivity index (χ0v) is 16.6. The Bertz CT molecular complexity index is 759. The Hall–Kier alpha value is -2.10. The number of halogens is 2.